The Morgan fingerprint density at radius 3 is 2.85 bits per heavy atom. The molecule has 4 rings (SSSR count). The van der Waals surface area contributed by atoms with Crippen molar-refractivity contribution in [3.63, 3.8) is 0 Å². The van der Waals surface area contributed by atoms with Crippen LogP contribution in [0.2, 0.25) is 5.02 Å². The van der Waals surface area contributed by atoms with Gasteiger partial charge in [0.25, 0.3) is 5.89 Å². The van der Waals surface area contributed by atoms with E-state index in [0.29, 0.717) is 29.8 Å². The highest BCUT2D eigenvalue weighted by molar-refractivity contribution is 7.89. The summed E-state index contributed by atoms with van der Waals surface area (Å²) in [6, 6.07) is 9.64. The van der Waals surface area contributed by atoms with Gasteiger partial charge in [-0.15, -0.1) is 21.5 Å². The van der Waals surface area contributed by atoms with Crippen molar-refractivity contribution in [3.8, 4) is 10.8 Å². The predicted octanol–water partition coefficient (Wildman–Crippen LogP) is 4.37. The summed E-state index contributed by atoms with van der Waals surface area (Å²) in [5.41, 5.74) is 0. The van der Waals surface area contributed by atoms with Gasteiger partial charge in [-0.05, 0) is 42.5 Å². The molecule has 1 aliphatic heterocycles. The maximum atomic E-state index is 13.1. The minimum atomic E-state index is -3.70. The number of benzene rings is 1. The quantitative estimate of drug-likeness (QED) is 0.639. The molecule has 1 aromatic carbocycles. The fourth-order valence-corrected chi connectivity index (χ4v) is 5.67. The van der Waals surface area contributed by atoms with E-state index in [1.165, 1.54) is 21.7 Å². The average Bonchev–Trinajstić information content (AvgIpc) is 3.33. The number of piperidine rings is 1. The smallest absolute Gasteiger partial charge is 0.257 e. The summed E-state index contributed by atoms with van der Waals surface area (Å²) in [6.45, 7) is 0.413. The number of nitrogens with zero attached hydrogens (tertiary/aromatic N) is 3. The van der Waals surface area contributed by atoms with E-state index in [4.69, 9.17) is 16.0 Å². The van der Waals surface area contributed by atoms with Crippen molar-refractivity contribution in [1.29, 1.82) is 0 Å². The Balaban J connectivity index is 1.69. The first-order valence-corrected chi connectivity index (χ1v) is 10.9. The second kappa shape index (κ2) is 7.11. The molecule has 2 aromatic heterocycles. The number of rotatable bonds is 4. The Morgan fingerprint density at radius 1 is 1.19 bits per heavy atom. The van der Waals surface area contributed by atoms with Crippen LogP contribution in [-0.4, -0.2) is 29.5 Å². The molecular weight excluding hydrogens is 394 g/mol. The van der Waals surface area contributed by atoms with E-state index < -0.39 is 16.1 Å². The van der Waals surface area contributed by atoms with Crippen LogP contribution in [0.5, 0.6) is 0 Å². The lowest BCUT2D eigenvalue weighted by Gasteiger charge is -2.32. The van der Waals surface area contributed by atoms with Crippen molar-refractivity contribution in [2.75, 3.05) is 6.54 Å². The average molecular weight is 410 g/mol. The van der Waals surface area contributed by atoms with Crippen molar-refractivity contribution >= 4 is 33.0 Å². The second-order valence-electron chi connectivity index (χ2n) is 6.01. The van der Waals surface area contributed by atoms with Crippen LogP contribution in [0.1, 0.15) is 31.2 Å². The Labute approximate surface area is 160 Å². The lowest BCUT2D eigenvalue weighted by atomic mass is 10.1. The number of halogens is 1. The monoisotopic (exact) mass is 409 g/mol. The van der Waals surface area contributed by atoms with Gasteiger partial charge in [-0.3, -0.25) is 0 Å². The van der Waals surface area contributed by atoms with Crippen LogP contribution >= 0.6 is 22.9 Å². The Kier molecular flexibility index (Phi) is 4.83. The van der Waals surface area contributed by atoms with Gasteiger partial charge in [-0.2, -0.15) is 4.31 Å². The molecule has 0 radical (unpaired) electrons. The number of hydrogen-bond donors (Lipinski definition) is 0. The fourth-order valence-electron chi connectivity index (χ4n) is 3.07. The first-order valence-electron chi connectivity index (χ1n) is 8.20. The summed E-state index contributed by atoms with van der Waals surface area (Å²) < 4.78 is 33.5. The zero-order valence-corrected chi connectivity index (χ0v) is 16.1. The molecule has 1 atom stereocenters. The van der Waals surface area contributed by atoms with Crippen molar-refractivity contribution in [1.82, 2.24) is 14.5 Å². The maximum absolute atomic E-state index is 13.1. The standard InChI is InChI=1S/C17H16ClN3O3S2/c18-12-5-3-6-13(11-12)26(22,23)21-9-2-1-7-14(21)16-19-20-17(24-16)15-8-4-10-25-15/h3-6,8,10-11,14H,1-2,7,9H2/t14-/m0/s1. The first kappa shape index (κ1) is 17.7. The summed E-state index contributed by atoms with van der Waals surface area (Å²) in [5, 5.41) is 10.5. The molecule has 0 saturated carbocycles. The van der Waals surface area contributed by atoms with Gasteiger partial charge in [0.2, 0.25) is 15.9 Å². The zero-order chi connectivity index (χ0) is 18.1. The molecule has 1 fully saturated rings. The molecule has 6 nitrogen and oxygen atoms in total. The third kappa shape index (κ3) is 3.29. The lowest BCUT2D eigenvalue weighted by Crippen LogP contribution is -2.38. The summed E-state index contributed by atoms with van der Waals surface area (Å²) >= 11 is 7.48. The van der Waals surface area contributed by atoms with Gasteiger partial charge < -0.3 is 4.42 Å². The van der Waals surface area contributed by atoms with Gasteiger partial charge in [0.1, 0.15) is 6.04 Å². The largest absolute Gasteiger partial charge is 0.418 e. The molecule has 1 aliphatic rings. The van der Waals surface area contributed by atoms with E-state index in [0.717, 1.165) is 17.7 Å². The van der Waals surface area contributed by atoms with Gasteiger partial charge in [0.05, 0.1) is 9.77 Å². The number of hydrogen-bond acceptors (Lipinski definition) is 6. The topological polar surface area (TPSA) is 76.3 Å². The Hall–Kier alpha value is -1.74. The molecular formula is C17H16ClN3O3S2. The predicted molar refractivity (Wildman–Crippen MR) is 99.5 cm³/mol. The van der Waals surface area contributed by atoms with Gasteiger partial charge >= 0.3 is 0 Å². The molecule has 0 unspecified atom stereocenters. The molecule has 0 amide bonds. The summed E-state index contributed by atoms with van der Waals surface area (Å²) in [7, 11) is -3.70. The molecule has 0 N–H and O–H groups in total. The van der Waals surface area contributed by atoms with E-state index >= 15 is 0 Å². The van der Waals surface area contributed by atoms with Crippen molar-refractivity contribution in [3.05, 3.63) is 52.7 Å². The SMILES string of the molecule is O=S(=O)(c1cccc(Cl)c1)N1CCCC[C@H]1c1nnc(-c2cccs2)o1. The maximum Gasteiger partial charge on any atom is 0.257 e. The van der Waals surface area contributed by atoms with Crippen LogP contribution in [0.15, 0.2) is 51.1 Å². The molecule has 0 aliphatic carbocycles. The van der Waals surface area contributed by atoms with Crippen LogP contribution in [0.25, 0.3) is 10.8 Å². The Bertz CT molecular complexity index is 1000. The van der Waals surface area contributed by atoms with E-state index in [-0.39, 0.29) is 4.90 Å². The van der Waals surface area contributed by atoms with Gasteiger partial charge in [0.15, 0.2) is 0 Å². The molecule has 26 heavy (non-hydrogen) atoms. The van der Waals surface area contributed by atoms with Crippen LogP contribution in [-0.2, 0) is 10.0 Å². The van der Waals surface area contributed by atoms with Gasteiger partial charge in [-0.25, -0.2) is 8.42 Å². The molecule has 1 saturated heterocycles. The Morgan fingerprint density at radius 2 is 2.08 bits per heavy atom. The number of aromatic nitrogens is 2. The van der Waals surface area contributed by atoms with Crippen LogP contribution in [0, 0.1) is 0 Å². The van der Waals surface area contributed by atoms with E-state index in [9.17, 15) is 8.42 Å². The van der Waals surface area contributed by atoms with E-state index in [1.807, 2.05) is 17.5 Å². The molecule has 136 valence electrons. The van der Waals surface area contributed by atoms with Gasteiger partial charge in [0, 0.05) is 11.6 Å². The van der Waals surface area contributed by atoms with Crippen molar-refractivity contribution < 1.29 is 12.8 Å². The normalized spacial score (nSPS) is 18.9. The van der Waals surface area contributed by atoms with Crippen LogP contribution in [0.4, 0.5) is 0 Å². The van der Waals surface area contributed by atoms with Crippen molar-refractivity contribution in [2.45, 2.75) is 30.2 Å². The molecule has 9 heteroatoms. The molecule has 0 bridgehead atoms. The number of sulfonamides is 1. The summed E-state index contributed by atoms with van der Waals surface area (Å²) in [6.07, 6.45) is 2.34. The minimum absolute atomic E-state index is 0.176. The number of thiophene rings is 1. The van der Waals surface area contributed by atoms with Crippen LogP contribution < -0.4 is 0 Å². The van der Waals surface area contributed by atoms with Gasteiger partial charge in [-0.1, -0.05) is 30.2 Å². The second-order valence-corrected chi connectivity index (χ2v) is 9.28. The highest BCUT2D eigenvalue weighted by Crippen LogP contribution is 2.36. The molecule has 0 spiro atoms. The molecule has 3 aromatic rings. The summed E-state index contributed by atoms with van der Waals surface area (Å²) in [5.74, 6) is 0.749. The molecule has 3 heterocycles. The van der Waals surface area contributed by atoms with Crippen LogP contribution in [0.3, 0.4) is 0 Å². The highest BCUT2D eigenvalue weighted by Gasteiger charge is 2.37. The third-order valence-corrected chi connectivity index (χ3v) is 7.31. The van der Waals surface area contributed by atoms with E-state index in [2.05, 4.69) is 10.2 Å². The summed E-state index contributed by atoms with van der Waals surface area (Å²) in [4.78, 5) is 1.04. The first-order chi connectivity index (χ1) is 12.6. The zero-order valence-electron chi connectivity index (χ0n) is 13.7. The van der Waals surface area contributed by atoms with E-state index in [1.54, 1.807) is 18.2 Å². The lowest BCUT2D eigenvalue weighted by molar-refractivity contribution is 0.220. The minimum Gasteiger partial charge on any atom is -0.418 e. The third-order valence-electron chi connectivity index (χ3n) is 4.31. The highest BCUT2D eigenvalue weighted by atomic mass is 35.5. The fraction of sp³-hybridized carbons (Fsp3) is 0.294. The van der Waals surface area contributed by atoms with Crippen molar-refractivity contribution in [2.24, 2.45) is 0 Å².